The molecule has 0 saturated heterocycles. The Morgan fingerprint density at radius 3 is 2.56 bits per heavy atom. The molecule has 0 aliphatic carbocycles. The summed E-state index contributed by atoms with van der Waals surface area (Å²) in [5.74, 6) is 0.370. The summed E-state index contributed by atoms with van der Waals surface area (Å²) in [6, 6.07) is 10.0. The number of rotatable bonds is 0. The Morgan fingerprint density at radius 2 is 1.75 bits per heavy atom. The molecule has 0 saturated carbocycles. The molecule has 0 unspecified atom stereocenters. The second-order valence-corrected chi connectivity index (χ2v) is 4.24. The van der Waals surface area contributed by atoms with Crippen molar-refractivity contribution in [1.29, 1.82) is 0 Å². The molecule has 1 aromatic heterocycles. The third kappa shape index (κ3) is 1.07. The van der Waals surface area contributed by atoms with E-state index in [2.05, 4.69) is 17.1 Å². The highest BCUT2D eigenvalue weighted by molar-refractivity contribution is 6.09. The molecule has 2 N–H and O–H groups in total. The van der Waals surface area contributed by atoms with Gasteiger partial charge >= 0.3 is 0 Å². The molecule has 1 heterocycles. The third-order valence-corrected chi connectivity index (χ3v) is 3.35. The van der Waals surface area contributed by atoms with Gasteiger partial charge in [0.25, 0.3) is 0 Å². The molecule has 3 aromatic rings. The molecule has 3 rings (SSSR count). The molecule has 16 heavy (non-hydrogen) atoms. The second kappa shape index (κ2) is 3.01. The summed E-state index contributed by atoms with van der Waals surface area (Å²) in [6.45, 7) is 3.97. The van der Waals surface area contributed by atoms with Crippen molar-refractivity contribution < 1.29 is 5.11 Å². The fourth-order valence-electron chi connectivity index (χ4n) is 2.23. The molecular weight excluding hydrogens is 198 g/mol. The molecule has 2 aromatic carbocycles. The molecule has 0 fully saturated rings. The molecule has 2 nitrogen and oxygen atoms in total. The number of phenolic OH excluding ortho intramolecular Hbond substituents is 1. The zero-order valence-electron chi connectivity index (χ0n) is 9.33. The van der Waals surface area contributed by atoms with Crippen LogP contribution in [-0.2, 0) is 0 Å². The van der Waals surface area contributed by atoms with Crippen molar-refractivity contribution >= 4 is 21.8 Å². The molecule has 0 bridgehead atoms. The molecule has 0 aliphatic heterocycles. The Morgan fingerprint density at radius 1 is 1.00 bits per heavy atom. The number of hydrogen-bond donors (Lipinski definition) is 2. The maximum absolute atomic E-state index is 9.86. The fraction of sp³-hybridized carbons (Fsp3) is 0.143. The summed E-state index contributed by atoms with van der Waals surface area (Å²) in [6.07, 6.45) is 0. The van der Waals surface area contributed by atoms with Gasteiger partial charge in [0.15, 0.2) is 0 Å². The predicted octanol–water partition coefficient (Wildman–Crippen LogP) is 3.64. The maximum Gasteiger partial charge on any atom is 0.119 e. The zero-order valence-corrected chi connectivity index (χ0v) is 9.33. The van der Waals surface area contributed by atoms with Crippen LogP contribution in [0, 0.1) is 13.8 Å². The highest BCUT2D eigenvalue weighted by Gasteiger charge is 2.10. The molecule has 80 valence electrons. The number of hydrogen-bond acceptors (Lipinski definition) is 1. The number of phenols is 1. The van der Waals surface area contributed by atoms with E-state index in [9.17, 15) is 5.11 Å². The quantitative estimate of drug-likeness (QED) is 0.585. The van der Waals surface area contributed by atoms with Gasteiger partial charge in [0, 0.05) is 21.8 Å². The zero-order chi connectivity index (χ0) is 11.3. The number of aromatic nitrogens is 1. The number of fused-ring (bicyclic) bond motifs is 3. The van der Waals surface area contributed by atoms with Crippen molar-refractivity contribution in [3.05, 3.63) is 41.5 Å². The lowest BCUT2D eigenvalue weighted by Crippen LogP contribution is -1.83. The summed E-state index contributed by atoms with van der Waals surface area (Å²) in [7, 11) is 0. The molecule has 0 atom stereocenters. The summed E-state index contributed by atoms with van der Waals surface area (Å²) in [5.41, 5.74) is 4.30. The maximum atomic E-state index is 9.86. The lowest BCUT2D eigenvalue weighted by Gasteiger charge is -2.04. The van der Waals surface area contributed by atoms with E-state index >= 15 is 0 Å². The van der Waals surface area contributed by atoms with Crippen molar-refractivity contribution in [2.45, 2.75) is 13.8 Å². The van der Waals surface area contributed by atoms with Crippen molar-refractivity contribution in [2.24, 2.45) is 0 Å². The first-order valence-corrected chi connectivity index (χ1v) is 5.38. The van der Waals surface area contributed by atoms with Crippen LogP contribution in [0.2, 0.25) is 0 Å². The summed E-state index contributed by atoms with van der Waals surface area (Å²) in [4.78, 5) is 3.40. The van der Waals surface area contributed by atoms with Crippen LogP contribution in [0.5, 0.6) is 5.75 Å². The van der Waals surface area contributed by atoms with Crippen LogP contribution in [-0.4, -0.2) is 10.1 Å². The van der Waals surface area contributed by atoms with Gasteiger partial charge < -0.3 is 10.1 Å². The number of benzene rings is 2. The Balaban J connectivity index is 2.60. The van der Waals surface area contributed by atoms with Crippen LogP contribution >= 0.6 is 0 Å². The van der Waals surface area contributed by atoms with Gasteiger partial charge in [-0.3, -0.25) is 0 Å². The van der Waals surface area contributed by atoms with Crippen LogP contribution < -0.4 is 0 Å². The van der Waals surface area contributed by atoms with Gasteiger partial charge in [-0.05, 0) is 37.1 Å². The average Bonchev–Trinajstić information content (AvgIpc) is 2.65. The average molecular weight is 211 g/mol. The molecule has 2 heteroatoms. The summed E-state index contributed by atoms with van der Waals surface area (Å²) >= 11 is 0. The van der Waals surface area contributed by atoms with Crippen LogP contribution in [0.25, 0.3) is 21.8 Å². The first kappa shape index (κ1) is 9.28. The van der Waals surface area contributed by atoms with E-state index in [1.807, 2.05) is 32.0 Å². The van der Waals surface area contributed by atoms with Gasteiger partial charge in [-0.1, -0.05) is 18.2 Å². The number of H-pyrrole nitrogens is 1. The Hall–Kier alpha value is -1.96. The topological polar surface area (TPSA) is 36.0 Å². The largest absolute Gasteiger partial charge is 0.508 e. The molecule has 0 aliphatic rings. The van der Waals surface area contributed by atoms with Gasteiger partial charge in [-0.15, -0.1) is 0 Å². The number of aromatic amines is 1. The minimum absolute atomic E-state index is 0.370. The van der Waals surface area contributed by atoms with Crippen molar-refractivity contribution in [3.63, 3.8) is 0 Å². The van der Waals surface area contributed by atoms with E-state index in [0.717, 1.165) is 32.9 Å². The SMILES string of the molecule is Cc1c(O)cc2c([nH]c3ccccc32)c1C. The molecule has 0 radical (unpaired) electrons. The second-order valence-electron chi connectivity index (χ2n) is 4.24. The summed E-state index contributed by atoms with van der Waals surface area (Å²) in [5, 5.41) is 12.1. The van der Waals surface area contributed by atoms with Crippen LogP contribution in [0.1, 0.15) is 11.1 Å². The normalized spacial score (nSPS) is 11.4. The number of aromatic hydroxyl groups is 1. The lowest BCUT2D eigenvalue weighted by molar-refractivity contribution is 0.471. The third-order valence-electron chi connectivity index (χ3n) is 3.35. The van der Waals surface area contributed by atoms with Crippen molar-refractivity contribution in [3.8, 4) is 5.75 Å². The van der Waals surface area contributed by atoms with Gasteiger partial charge in [0.2, 0.25) is 0 Å². The molecule has 0 spiro atoms. The number of para-hydroxylation sites is 1. The van der Waals surface area contributed by atoms with Crippen LogP contribution in [0.3, 0.4) is 0 Å². The highest BCUT2D eigenvalue weighted by atomic mass is 16.3. The Kier molecular flexibility index (Phi) is 1.75. The fourth-order valence-corrected chi connectivity index (χ4v) is 2.23. The van der Waals surface area contributed by atoms with E-state index in [0.29, 0.717) is 5.75 Å². The predicted molar refractivity (Wildman–Crippen MR) is 66.9 cm³/mol. The van der Waals surface area contributed by atoms with Gasteiger partial charge in [-0.25, -0.2) is 0 Å². The first-order valence-electron chi connectivity index (χ1n) is 5.38. The molecule has 0 amide bonds. The minimum Gasteiger partial charge on any atom is -0.508 e. The van der Waals surface area contributed by atoms with Gasteiger partial charge in [0.1, 0.15) is 5.75 Å². The van der Waals surface area contributed by atoms with Gasteiger partial charge in [0.05, 0.1) is 0 Å². The Bertz CT molecular complexity index is 695. The van der Waals surface area contributed by atoms with Crippen LogP contribution in [0.15, 0.2) is 30.3 Å². The van der Waals surface area contributed by atoms with E-state index in [1.54, 1.807) is 0 Å². The smallest absolute Gasteiger partial charge is 0.119 e. The first-order chi connectivity index (χ1) is 7.68. The van der Waals surface area contributed by atoms with Crippen molar-refractivity contribution in [2.75, 3.05) is 0 Å². The number of nitrogens with one attached hydrogen (secondary N) is 1. The van der Waals surface area contributed by atoms with Crippen LogP contribution in [0.4, 0.5) is 0 Å². The lowest BCUT2D eigenvalue weighted by atomic mass is 10.0. The standard InChI is InChI=1S/C14H13NO/c1-8-9(2)14-11(7-13(8)16)10-5-3-4-6-12(10)15-14/h3-7,15-16H,1-2H3. The Labute approximate surface area is 93.5 Å². The van der Waals surface area contributed by atoms with E-state index < -0.39 is 0 Å². The van der Waals surface area contributed by atoms with E-state index in [1.165, 1.54) is 0 Å². The number of aryl methyl sites for hydroxylation is 1. The van der Waals surface area contributed by atoms with Crippen molar-refractivity contribution in [1.82, 2.24) is 4.98 Å². The van der Waals surface area contributed by atoms with E-state index in [-0.39, 0.29) is 0 Å². The summed E-state index contributed by atoms with van der Waals surface area (Å²) < 4.78 is 0. The highest BCUT2D eigenvalue weighted by Crippen LogP contribution is 2.33. The van der Waals surface area contributed by atoms with E-state index in [4.69, 9.17) is 0 Å². The monoisotopic (exact) mass is 211 g/mol. The minimum atomic E-state index is 0.370. The molecular formula is C14H13NO. The van der Waals surface area contributed by atoms with Gasteiger partial charge in [-0.2, -0.15) is 0 Å².